The lowest BCUT2D eigenvalue weighted by molar-refractivity contribution is -0.124. The van der Waals surface area contributed by atoms with Crippen LogP contribution in [-0.2, 0) is 11.2 Å². The average Bonchev–Trinajstić information content (AvgIpc) is 2.65. The van der Waals surface area contributed by atoms with Crippen LogP contribution in [-0.4, -0.2) is 23.9 Å². The molecule has 0 radical (unpaired) electrons. The van der Waals surface area contributed by atoms with Gasteiger partial charge < -0.3 is 10.6 Å². The molecule has 2 aromatic rings. The second kappa shape index (κ2) is 10.1. The fourth-order valence-electron chi connectivity index (χ4n) is 2.79. The zero-order valence-corrected chi connectivity index (χ0v) is 16.8. The highest BCUT2D eigenvalue weighted by Gasteiger charge is 2.25. The predicted octanol–water partition coefficient (Wildman–Crippen LogP) is 4.23. The Hall–Kier alpha value is -2.33. The van der Waals surface area contributed by atoms with E-state index in [0.717, 1.165) is 12.8 Å². The Bertz CT molecular complexity index is 745. The molecule has 0 bridgehead atoms. The van der Waals surface area contributed by atoms with Crippen LogP contribution in [0.25, 0.3) is 0 Å². The van der Waals surface area contributed by atoms with E-state index in [2.05, 4.69) is 22.8 Å². The van der Waals surface area contributed by atoms with Crippen molar-refractivity contribution in [3.63, 3.8) is 0 Å². The lowest BCUT2D eigenvalue weighted by Gasteiger charge is -2.24. The minimum Gasteiger partial charge on any atom is -0.352 e. The number of carbonyl (C=O) groups is 2. The summed E-state index contributed by atoms with van der Waals surface area (Å²) >= 11 is 5.86. The Labute approximate surface area is 166 Å². The third-order valence-electron chi connectivity index (χ3n) is 4.44. The summed E-state index contributed by atoms with van der Waals surface area (Å²) in [5.74, 6) is -0.465. The molecule has 2 N–H and O–H groups in total. The summed E-state index contributed by atoms with van der Waals surface area (Å²) < 4.78 is 0. The molecule has 0 aliphatic carbocycles. The fraction of sp³-hybridized carbons (Fsp3) is 0.364. The Balaban J connectivity index is 1.91. The predicted molar refractivity (Wildman–Crippen MR) is 110 cm³/mol. The smallest absolute Gasteiger partial charge is 0.251 e. The molecule has 2 atom stereocenters. The van der Waals surface area contributed by atoms with E-state index in [4.69, 9.17) is 11.6 Å². The molecule has 1 unspecified atom stereocenters. The lowest BCUT2D eigenvalue weighted by Crippen LogP contribution is -2.51. The Morgan fingerprint density at radius 1 is 0.926 bits per heavy atom. The number of amides is 2. The summed E-state index contributed by atoms with van der Waals surface area (Å²) in [6.07, 6.45) is 1.73. The molecular weight excluding hydrogens is 360 g/mol. The number of rotatable bonds is 8. The van der Waals surface area contributed by atoms with Crippen molar-refractivity contribution in [1.82, 2.24) is 10.6 Å². The van der Waals surface area contributed by atoms with Gasteiger partial charge in [-0.15, -0.1) is 0 Å². The zero-order valence-electron chi connectivity index (χ0n) is 16.0. The summed E-state index contributed by atoms with van der Waals surface area (Å²) in [4.78, 5) is 25.1. The largest absolute Gasteiger partial charge is 0.352 e. The van der Waals surface area contributed by atoms with E-state index in [1.54, 1.807) is 24.3 Å². The van der Waals surface area contributed by atoms with Crippen LogP contribution in [0.3, 0.4) is 0 Å². The van der Waals surface area contributed by atoms with Crippen molar-refractivity contribution < 1.29 is 9.59 Å². The van der Waals surface area contributed by atoms with Crippen LogP contribution >= 0.6 is 11.6 Å². The van der Waals surface area contributed by atoms with Gasteiger partial charge in [-0.2, -0.15) is 0 Å². The first kappa shape index (κ1) is 21.0. The molecule has 27 heavy (non-hydrogen) atoms. The van der Waals surface area contributed by atoms with E-state index in [1.807, 2.05) is 39.0 Å². The van der Waals surface area contributed by atoms with Crippen molar-refractivity contribution in [2.45, 2.75) is 45.7 Å². The van der Waals surface area contributed by atoms with Crippen molar-refractivity contribution >= 4 is 23.4 Å². The van der Waals surface area contributed by atoms with Crippen LogP contribution in [0.4, 0.5) is 0 Å². The molecule has 5 heteroatoms. The molecule has 144 valence electrons. The van der Waals surface area contributed by atoms with Gasteiger partial charge >= 0.3 is 0 Å². The topological polar surface area (TPSA) is 58.2 Å². The molecular formula is C22H27ClN2O2. The summed E-state index contributed by atoms with van der Waals surface area (Å²) in [5.41, 5.74) is 1.73. The maximum atomic E-state index is 12.7. The highest BCUT2D eigenvalue weighted by atomic mass is 35.5. The van der Waals surface area contributed by atoms with E-state index in [0.29, 0.717) is 10.6 Å². The first-order valence-corrected chi connectivity index (χ1v) is 9.65. The molecule has 0 fully saturated rings. The standard InChI is InChI=1S/C22H27ClN2O2/c1-15(2)20(25-21(26)18-11-13-19(23)14-12-18)22(27)24-16(3)9-10-17-7-5-4-6-8-17/h4-8,11-16,20H,9-10H2,1-3H3,(H,24,27)(H,25,26)/t16?,20-/m0/s1. The molecule has 4 nitrogen and oxygen atoms in total. The van der Waals surface area contributed by atoms with Gasteiger partial charge in [0.2, 0.25) is 5.91 Å². The van der Waals surface area contributed by atoms with Gasteiger partial charge in [0.1, 0.15) is 6.04 Å². The fourth-order valence-corrected chi connectivity index (χ4v) is 2.92. The van der Waals surface area contributed by atoms with Crippen LogP contribution in [0.5, 0.6) is 0 Å². The zero-order chi connectivity index (χ0) is 19.8. The van der Waals surface area contributed by atoms with Crippen molar-refractivity contribution in [1.29, 1.82) is 0 Å². The van der Waals surface area contributed by atoms with E-state index in [9.17, 15) is 9.59 Å². The number of aryl methyl sites for hydroxylation is 1. The van der Waals surface area contributed by atoms with Crippen molar-refractivity contribution in [3.05, 3.63) is 70.7 Å². The van der Waals surface area contributed by atoms with Crippen LogP contribution in [0, 0.1) is 5.92 Å². The van der Waals surface area contributed by atoms with Gasteiger partial charge in [-0.25, -0.2) is 0 Å². The van der Waals surface area contributed by atoms with Gasteiger partial charge in [0.15, 0.2) is 0 Å². The molecule has 0 saturated carbocycles. The van der Waals surface area contributed by atoms with Gasteiger partial charge in [-0.05, 0) is 55.5 Å². The average molecular weight is 387 g/mol. The highest BCUT2D eigenvalue weighted by molar-refractivity contribution is 6.30. The van der Waals surface area contributed by atoms with Crippen molar-refractivity contribution in [2.24, 2.45) is 5.92 Å². The molecule has 0 heterocycles. The number of hydrogen-bond donors (Lipinski definition) is 2. The summed E-state index contributed by atoms with van der Waals surface area (Å²) in [6.45, 7) is 5.82. The van der Waals surface area contributed by atoms with E-state index < -0.39 is 6.04 Å². The number of hydrogen-bond acceptors (Lipinski definition) is 2. The monoisotopic (exact) mass is 386 g/mol. The maximum Gasteiger partial charge on any atom is 0.251 e. The van der Waals surface area contributed by atoms with Crippen LogP contribution in [0.1, 0.15) is 43.1 Å². The van der Waals surface area contributed by atoms with Crippen LogP contribution in [0.2, 0.25) is 5.02 Å². The molecule has 0 aliphatic rings. The SMILES string of the molecule is CC(CCc1ccccc1)NC(=O)[C@@H](NC(=O)c1ccc(Cl)cc1)C(C)C. The van der Waals surface area contributed by atoms with Gasteiger partial charge in [-0.3, -0.25) is 9.59 Å². The molecule has 2 amide bonds. The molecule has 2 rings (SSSR count). The highest BCUT2D eigenvalue weighted by Crippen LogP contribution is 2.11. The Morgan fingerprint density at radius 2 is 1.56 bits per heavy atom. The summed E-state index contributed by atoms with van der Waals surface area (Å²) in [6, 6.07) is 16.2. The quantitative estimate of drug-likeness (QED) is 0.713. The Morgan fingerprint density at radius 3 is 2.15 bits per heavy atom. The molecule has 0 aromatic heterocycles. The third-order valence-corrected chi connectivity index (χ3v) is 4.69. The number of carbonyl (C=O) groups excluding carboxylic acids is 2. The first-order chi connectivity index (χ1) is 12.9. The van der Waals surface area contributed by atoms with Crippen molar-refractivity contribution in [3.8, 4) is 0 Å². The van der Waals surface area contributed by atoms with E-state index in [1.165, 1.54) is 5.56 Å². The van der Waals surface area contributed by atoms with Crippen LogP contribution in [0.15, 0.2) is 54.6 Å². The van der Waals surface area contributed by atoms with Crippen molar-refractivity contribution in [2.75, 3.05) is 0 Å². The van der Waals surface area contributed by atoms with Gasteiger partial charge in [-0.1, -0.05) is 55.8 Å². The Kier molecular flexibility index (Phi) is 7.86. The first-order valence-electron chi connectivity index (χ1n) is 9.27. The third kappa shape index (κ3) is 6.72. The summed E-state index contributed by atoms with van der Waals surface area (Å²) in [7, 11) is 0. The second-order valence-electron chi connectivity index (χ2n) is 7.14. The van der Waals surface area contributed by atoms with Gasteiger partial charge in [0.25, 0.3) is 5.91 Å². The number of halogens is 1. The van der Waals surface area contributed by atoms with E-state index >= 15 is 0 Å². The maximum absolute atomic E-state index is 12.7. The van der Waals surface area contributed by atoms with Gasteiger partial charge in [0.05, 0.1) is 0 Å². The number of benzene rings is 2. The normalized spacial score (nSPS) is 13.1. The van der Waals surface area contributed by atoms with E-state index in [-0.39, 0.29) is 23.8 Å². The molecule has 2 aromatic carbocycles. The second-order valence-corrected chi connectivity index (χ2v) is 7.57. The molecule has 0 saturated heterocycles. The lowest BCUT2D eigenvalue weighted by atomic mass is 10.0. The minimum atomic E-state index is -0.590. The minimum absolute atomic E-state index is 0.0198. The van der Waals surface area contributed by atoms with Gasteiger partial charge in [0, 0.05) is 16.6 Å². The van der Waals surface area contributed by atoms with Crippen LogP contribution < -0.4 is 10.6 Å². The molecule has 0 aliphatic heterocycles. The summed E-state index contributed by atoms with van der Waals surface area (Å²) in [5, 5.41) is 6.43. The number of nitrogens with one attached hydrogen (secondary N) is 2. The molecule has 0 spiro atoms.